The van der Waals surface area contributed by atoms with Gasteiger partial charge in [-0.3, -0.25) is 4.79 Å². The predicted molar refractivity (Wildman–Crippen MR) is 75.5 cm³/mol. The van der Waals surface area contributed by atoms with Gasteiger partial charge in [0.25, 0.3) is 0 Å². The first-order chi connectivity index (χ1) is 8.84. The summed E-state index contributed by atoms with van der Waals surface area (Å²) in [5.41, 5.74) is 0. The summed E-state index contributed by atoms with van der Waals surface area (Å²) in [7, 11) is -1.27. The van der Waals surface area contributed by atoms with Crippen LogP contribution >= 0.6 is 0 Å². The third-order valence-electron chi connectivity index (χ3n) is 5.00. The largest absolute Gasteiger partial charge is 0.342 e. The fraction of sp³-hybridized carbons (Fsp3) is 0.929. The lowest BCUT2D eigenvalue weighted by molar-refractivity contribution is -0.137. The van der Waals surface area contributed by atoms with E-state index in [0.717, 1.165) is 12.3 Å². The molecule has 5 heteroatoms. The molecule has 0 aliphatic heterocycles. The summed E-state index contributed by atoms with van der Waals surface area (Å²) >= 11 is 0. The third-order valence-corrected chi connectivity index (χ3v) is 6.87. The lowest BCUT2D eigenvalue weighted by Gasteiger charge is -2.30. The number of sulfone groups is 1. The normalized spacial score (nSPS) is 31.4. The third kappa shape index (κ3) is 3.12. The van der Waals surface area contributed by atoms with Crippen LogP contribution in [0.1, 0.15) is 39.5 Å². The van der Waals surface area contributed by atoms with E-state index in [1.165, 1.54) is 19.3 Å². The van der Waals surface area contributed by atoms with Crippen LogP contribution in [-0.2, 0) is 14.6 Å². The van der Waals surface area contributed by atoms with E-state index < -0.39 is 9.84 Å². The van der Waals surface area contributed by atoms with Gasteiger partial charge in [-0.1, -0.05) is 13.3 Å². The maximum absolute atomic E-state index is 12.5. The molecule has 0 aromatic rings. The summed E-state index contributed by atoms with van der Waals surface area (Å²) in [4.78, 5) is 14.1. The second-order valence-electron chi connectivity index (χ2n) is 6.28. The average molecular weight is 287 g/mol. The van der Waals surface area contributed by atoms with Crippen molar-refractivity contribution in [2.75, 3.05) is 18.6 Å². The molecule has 4 nitrogen and oxygen atoms in total. The van der Waals surface area contributed by atoms with E-state index in [1.807, 2.05) is 6.92 Å². The van der Waals surface area contributed by atoms with E-state index in [1.54, 1.807) is 18.9 Å². The zero-order valence-corrected chi connectivity index (χ0v) is 12.9. The molecule has 0 radical (unpaired) electrons. The van der Waals surface area contributed by atoms with Crippen molar-refractivity contribution in [3.05, 3.63) is 0 Å². The fourth-order valence-electron chi connectivity index (χ4n) is 3.62. The van der Waals surface area contributed by atoms with Crippen molar-refractivity contribution in [3.63, 3.8) is 0 Å². The highest BCUT2D eigenvalue weighted by Gasteiger charge is 2.44. The fourth-order valence-corrected chi connectivity index (χ4v) is 4.82. The second-order valence-corrected chi connectivity index (χ2v) is 8.68. The molecule has 0 aromatic heterocycles. The molecule has 0 spiro atoms. The minimum atomic E-state index is -3.02. The Labute approximate surface area is 116 Å². The first-order valence-electron chi connectivity index (χ1n) is 7.31. The molecule has 19 heavy (non-hydrogen) atoms. The summed E-state index contributed by atoms with van der Waals surface area (Å²) in [5, 5.41) is 0. The number of hydrogen-bond acceptors (Lipinski definition) is 3. The monoisotopic (exact) mass is 287 g/mol. The van der Waals surface area contributed by atoms with E-state index in [4.69, 9.17) is 0 Å². The molecular formula is C14H25NO3S. The molecule has 0 heterocycles. The minimum Gasteiger partial charge on any atom is -0.342 e. The molecule has 0 aromatic carbocycles. The molecule has 2 rings (SSSR count). The van der Waals surface area contributed by atoms with Gasteiger partial charge in [0.15, 0.2) is 9.84 Å². The average Bonchev–Trinajstić information content (AvgIpc) is 2.98. The van der Waals surface area contributed by atoms with E-state index in [-0.39, 0.29) is 29.4 Å². The van der Waals surface area contributed by atoms with Gasteiger partial charge in [-0.25, -0.2) is 8.42 Å². The van der Waals surface area contributed by atoms with Crippen LogP contribution in [0.4, 0.5) is 0 Å². The van der Waals surface area contributed by atoms with Gasteiger partial charge < -0.3 is 4.90 Å². The Bertz CT molecular complexity index is 446. The Morgan fingerprint density at radius 2 is 2.00 bits per heavy atom. The lowest BCUT2D eigenvalue weighted by Crippen LogP contribution is -2.44. The van der Waals surface area contributed by atoms with Crippen LogP contribution in [-0.4, -0.2) is 43.8 Å². The van der Waals surface area contributed by atoms with Crippen molar-refractivity contribution in [2.45, 2.75) is 45.6 Å². The predicted octanol–water partition coefficient (Wildman–Crippen LogP) is 1.70. The van der Waals surface area contributed by atoms with Crippen LogP contribution in [0.5, 0.6) is 0 Å². The summed E-state index contributed by atoms with van der Waals surface area (Å²) < 4.78 is 23.3. The van der Waals surface area contributed by atoms with Gasteiger partial charge in [-0.05, 0) is 38.0 Å². The van der Waals surface area contributed by atoms with Crippen LogP contribution in [0.15, 0.2) is 0 Å². The number of carbonyl (C=O) groups excluding carboxylic acids is 1. The Balaban J connectivity index is 1.95. The van der Waals surface area contributed by atoms with Crippen molar-refractivity contribution in [2.24, 2.45) is 17.8 Å². The molecule has 2 fully saturated rings. The number of nitrogens with zero attached hydrogens (tertiary/aromatic N) is 1. The van der Waals surface area contributed by atoms with Crippen molar-refractivity contribution in [1.29, 1.82) is 0 Å². The highest BCUT2D eigenvalue weighted by atomic mass is 32.2. The van der Waals surface area contributed by atoms with Gasteiger partial charge in [-0.2, -0.15) is 0 Å². The molecule has 2 aliphatic carbocycles. The van der Waals surface area contributed by atoms with Gasteiger partial charge in [0.2, 0.25) is 5.91 Å². The van der Waals surface area contributed by atoms with Gasteiger partial charge in [0, 0.05) is 24.8 Å². The standard InChI is InChI=1S/C14H25NO3S/c1-4-19(17,18)9-10(2)15(3)14(16)13-8-11-5-6-12(13)7-11/h10-13H,4-9H2,1-3H3/t10-,11-,12-,13+/m0/s1. The molecule has 0 unspecified atom stereocenters. The number of carbonyl (C=O) groups is 1. The van der Waals surface area contributed by atoms with Gasteiger partial charge in [0.05, 0.1) is 5.75 Å². The molecule has 0 saturated heterocycles. The molecule has 0 N–H and O–H groups in total. The van der Waals surface area contributed by atoms with Crippen LogP contribution in [0, 0.1) is 17.8 Å². The summed E-state index contributed by atoms with van der Waals surface area (Å²) in [6.45, 7) is 3.48. The Kier molecular flexibility index (Phi) is 4.23. The van der Waals surface area contributed by atoms with Crippen molar-refractivity contribution < 1.29 is 13.2 Å². The van der Waals surface area contributed by atoms with Crippen molar-refractivity contribution >= 4 is 15.7 Å². The highest BCUT2D eigenvalue weighted by Crippen LogP contribution is 2.48. The Hall–Kier alpha value is -0.580. The minimum absolute atomic E-state index is 0.0759. The van der Waals surface area contributed by atoms with Gasteiger partial charge >= 0.3 is 0 Å². The Morgan fingerprint density at radius 1 is 1.32 bits per heavy atom. The first-order valence-corrected chi connectivity index (χ1v) is 9.13. The van der Waals surface area contributed by atoms with E-state index in [2.05, 4.69) is 0 Å². The maximum atomic E-state index is 12.5. The molecule has 1 amide bonds. The second kappa shape index (κ2) is 5.43. The number of amides is 1. The SMILES string of the molecule is CCS(=O)(=O)C[C@H](C)N(C)C(=O)[C@@H]1C[C@H]2CC[C@H]1C2. The zero-order valence-electron chi connectivity index (χ0n) is 12.1. The van der Waals surface area contributed by atoms with E-state index in [0.29, 0.717) is 5.92 Å². The molecule has 2 aliphatic rings. The summed E-state index contributed by atoms with van der Waals surface area (Å²) in [5.74, 6) is 1.82. The van der Waals surface area contributed by atoms with Crippen molar-refractivity contribution in [1.82, 2.24) is 4.90 Å². The molecular weight excluding hydrogens is 262 g/mol. The summed E-state index contributed by atoms with van der Waals surface area (Å²) in [6.07, 6.45) is 4.67. The van der Waals surface area contributed by atoms with Gasteiger partial charge in [-0.15, -0.1) is 0 Å². The molecule has 110 valence electrons. The quantitative estimate of drug-likeness (QED) is 0.773. The zero-order chi connectivity index (χ0) is 14.2. The van der Waals surface area contributed by atoms with Crippen LogP contribution < -0.4 is 0 Å². The molecule has 2 saturated carbocycles. The summed E-state index contributed by atoms with van der Waals surface area (Å²) in [6, 6.07) is -0.225. The Morgan fingerprint density at radius 3 is 2.47 bits per heavy atom. The highest BCUT2D eigenvalue weighted by molar-refractivity contribution is 7.91. The van der Waals surface area contributed by atoms with Crippen molar-refractivity contribution in [3.8, 4) is 0 Å². The van der Waals surface area contributed by atoms with E-state index >= 15 is 0 Å². The molecule has 2 bridgehead atoms. The van der Waals surface area contributed by atoms with Crippen LogP contribution in [0.2, 0.25) is 0 Å². The first kappa shape index (κ1) is 14.8. The van der Waals surface area contributed by atoms with Crippen LogP contribution in [0.25, 0.3) is 0 Å². The maximum Gasteiger partial charge on any atom is 0.225 e. The number of hydrogen-bond donors (Lipinski definition) is 0. The topological polar surface area (TPSA) is 54.5 Å². The van der Waals surface area contributed by atoms with E-state index in [9.17, 15) is 13.2 Å². The van der Waals surface area contributed by atoms with Gasteiger partial charge in [0.1, 0.15) is 0 Å². The molecule has 4 atom stereocenters. The number of fused-ring (bicyclic) bond motifs is 2. The number of rotatable bonds is 5. The lowest BCUT2D eigenvalue weighted by atomic mass is 9.87. The van der Waals surface area contributed by atoms with Crippen LogP contribution in [0.3, 0.4) is 0 Å². The smallest absolute Gasteiger partial charge is 0.225 e.